The minimum atomic E-state index is -1.02. The summed E-state index contributed by atoms with van der Waals surface area (Å²) >= 11 is 0. The molecule has 2 atom stereocenters. The predicted molar refractivity (Wildman–Crippen MR) is 107 cm³/mol. The molecule has 0 radical (unpaired) electrons. The number of hydrogen-bond acceptors (Lipinski definition) is 2. The molecule has 0 aliphatic rings. The summed E-state index contributed by atoms with van der Waals surface area (Å²) in [6.07, 6.45) is 18.8. The van der Waals surface area contributed by atoms with Gasteiger partial charge in [0.25, 0.3) is 0 Å². The fraction of sp³-hybridized carbons (Fsp3) is 0.909. The van der Waals surface area contributed by atoms with Crippen molar-refractivity contribution in [1.29, 1.82) is 0 Å². The molecule has 0 aromatic carbocycles. The van der Waals surface area contributed by atoms with Gasteiger partial charge in [-0.25, -0.2) is 0 Å². The minimum absolute atomic E-state index is 0.0686. The molecule has 0 spiro atoms. The first-order chi connectivity index (χ1) is 12.5. The molecule has 2 N–H and O–H groups in total. The van der Waals surface area contributed by atoms with Gasteiger partial charge in [-0.1, -0.05) is 104 Å². The molecule has 0 bridgehead atoms. The number of rotatable bonds is 19. The monoisotopic (exact) mass is 370 g/mol. The molecular formula is C22H42O4. The highest BCUT2D eigenvalue weighted by Gasteiger charge is 2.26. The summed E-state index contributed by atoms with van der Waals surface area (Å²) < 4.78 is 0. The largest absolute Gasteiger partial charge is 0.481 e. The molecule has 4 heteroatoms. The van der Waals surface area contributed by atoms with Crippen LogP contribution in [0.25, 0.3) is 0 Å². The van der Waals surface area contributed by atoms with Crippen molar-refractivity contribution in [3.05, 3.63) is 0 Å². The molecule has 0 saturated carbocycles. The standard InChI is InChI=1S/C22H42O4/c1-3-4-5-6-7-8-9-10-11-12-13-14-15-16-17-19(2)20(22(25)26)18-21(23)24/h19-20H,3-18H2,1-2H3,(H,23,24)(H,25,26). The molecule has 0 aliphatic heterocycles. The van der Waals surface area contributed by atoms with Gasteiger partial charge in [-0.3, -0.25) is 9.59 Å². The lowest BCUT2D eigenvalue weighted by molar-refractivity contribution is -0.150. The normalized spacial score (nSPS) is 13.5. The molecule has 0 fully saturated rings. The van der Waals surface area contributed by atoms with Crippen LogP contribution in [-0.2, 0) is 9.59 Å². The third kappa shape index (κ3) is 15.2. The van der Waals surface area contributed by atoms with E-state index in [1.54, 1.807) is 0 Å². The highest BCUT2D eigenvalue weighted by atomic mass is 16.4. The summed E-state index contributed by atoms with van der Waals surface area (Å²) in [6, 6.07) is 0. The molecule has 2 unspecified atom stereocenters. The Labute approximate surface area is 160 Å². The second kappa shape index (κ2) is 17.4. The minimum Gasteiger partial charge on any atom is -0.481 e. The van der Waals surface area contributed by atoms with Crippen LogP contribution >= 0.6 is 0 Å². The zero-order valence-corrected chi connectivity index (χ0v) is 17.2. The van der Waals surface area contributed by atoms with Crippen molar-refractivity contribution >= 4 is 11.9 Å². The Hall–Kier alpha value is -1.06. The van der Waals surface area contributed by atoms with Gasteiger partial charge in [0.1, 0.15) is 0 Å². The summed E-state index contributed by atoms with van der Waals surface area (Å²) in [5.41, 5.74) is 0. The van der Waals surface area contributed by atoms with Gasteiger partial charge in [-0.05, 0) is 12.3 Å². The molecule has 0 saturated heterocycles. The maximum Gasteiger partial charge on any atom is 0.307 e. The molecule has 0 aromatic rings. The van der Waals surface area contributed by atoms with Crippen LogP contribution in [0.4, 0.5) is 0 Å². The van der Waals surface area contributed by atoms with Gasteiger partial charge in [0.15, 0.2) is 0 Å². The third-order valence-electron chi connectivity index (χ3n) is 5.41. The summed E-state index contributed by atoms with van der Waals surface area (Å²) in [5.74, 6) is -2.83. The van der Waals surface area contributed by atoms with Crippen molar-refractivity contribution in [3.63, 3.8) is 0 Å². The van der Waals surface area contributed by atoms with E-state index in [2.05, 4.69) is 6.92 Å². The average molecular weight is 371 g/mol. The Bertz CT molecular complexity index is 354. The Morgan fingerprint density at radius 2 is 1.08 bits per heavy atom. The highest BCUT2D eigenvalue weighted by Crippen LogP contribution is 2.23. The molecule has 0 aliphatic carbocycles. The van der Waals surface area contributed by atoms with Crippen LogP contribution in [0.15, 0.2) is 0 Å². The Morgan fingerprint density at radius 3 is 1.42 bits per heavy atom. The van der Waals surface area contributed by atoms with Crippen molar-refractivity contribution in [1.82, 2.24) is 0 Å². The van der Waals surface area contributed by atoms with Crippen molar-refractivity contribution in [2.75, 3.05) is 0 Å². The zero-order chi connectivity index (χ0) is 19.6. The lowest BCUT2D eigenvalue weighted by Crippen LogP contribution is -2.24. The third-order valence-corrected chi connectivity index (χ3v) is 5.41. The topological polar surface area (TPSA) is 74.6 Å². The van der Waals surface area contributed by atoms with E-state index in [9.17, 15) is 9.59 Å². The lowest BCUT2D eigenvalue weighted by Gasteiger charge is -2.18. The fourth-order valence-electron chi connectivity index (χ4n) is 3.58. The number of carboxylic acid groups (broad SMARTS) is 2. The second-order valence-electron chi connectivity index (χ2n) is 7.90. The second-order valence-corrected chi connectivity index (χ2v) is 7.90. The SMILES string of the molecule is CCCCCCCCCCCCCCCCC(C)C(CC(=O)O)C(=O)O. The van der Waals surface area contributed by atoms with Gasteiger partial charge < -0.3 is 10.2 Å². The van der Waals surface area contributed by atoms with E-state index in [4.69, 9.17) is 10.2 Å². The average Bonchev–Trinajstić information content (AvgIpc) is 2.59. The first kappa shape index (κ1) is 24.9. The summed E-state index contributed by atoms with van der Waals surface area (Å²) in [6.45, 7) is 4.12. The van der Waals surface area contributed by atoms with Crippen molar-refractivity contribution in [2.45, 2.75) is 117 Å². The Kier molecular flexibility index (Phi) is 16.7. The summed E-state index contributed by atoms with van der Waals surface area (Å²) in [5, 5.41) is 18.0. The van der Waals surface area contributed by atoms with Crippen LogP contribution in [0, 0.1) is 11.8 Å². The smallest absolute Gasteiger partial charge is 0.307 e. The highest BCUT2D eigenvalue weighted by molar-refractivity contribution is 5.77. The van der Waals surface area contributed by atoms with Gasteiger partial charge in [-0.2, -0.15) is 0 Å². The molecule has 0 heterocycles. The van der Waals surface area contributed by atoms with Gasteiger partial charge in [-0.15, -0.1) is 0 Å². The van der Waals surface area contributed by atoms with E-state index in [-0.39, 0.29) is 12.3 Å². The molecule has 26 heavy (non-hydrogen) atoms. The molecular weight excluding hydrogens is 328 g/mol. The number of hydrogen-bond donors (Lipinski definition) is 2. The van der Waals surface area contributed by atoms with Gasteiger partial charge in [0.2, 0.25) is 0 Å². The molecule has 0 rings (SSSR count). The fourth-order valence-corrected chi connectivity index (χ4v) is 3.58. The van der Waals surface area contributed by atoms with Crippen LogP contribution < -0.4 is 0 Å². The first-order valence-electron chi connectivity index (χ1n) is 10.9. The predicted octanol–water partition coefficient (Wildman–Crippen LogP) is 6.67. The van der Waals surface area contributed by atoms with Crippen molar-refractivity contribution in [2.24, 2.45) is 11.8 Å². The van der Waals surface area contributed by atoms with E-state index in [0.717, 1.165) is 19.3 Å². The maximum absolute atomic E-state index is 11.2. The number of aliphatic carboxylic acids is 2. The van der Waals surface area contributed by atoms with E-state index >= 15 is 0 Å². The van der Waals surface area contributed by atoms with Crippen LogP contribution in [0.1, 0.15) is 117 Å². The van der Waals surface area contributed by atoms with E-state index in [1.807, 2.05) is 6.92 Å². The summed E-state index contributed by atoms with van der Waals surface area (Å²) in [7, 11) is 0. The van der Waals surface area contributed by atoms with Crippen LogP contribution in [0.3, 0.4) is 0 Å². The number of unbranched alkanes of at least 4 members (excludes halogenated alkanes) is 13. The first-order valence-corrected chi connectivity index (χ1v) is 10.9. The number of carboxylic acids is 2. The Balaban J connectivity index is 3.44. The molecule has 4 nitrogen and oxygen atoms in total. The van der Waals surface area contributed by atoms with Crippen LogP contribution in [-0.4, -0.2) is 22.2 Å². The molecule has 0 amide bonds. The maximum atomic E-state index is 11.2. The van der Waals surface area contributed by atoms with Crippen LogP contribution in [0.2, 0.25) is 0 Å². The van der Waals surface area contributed by atoms with E-state index in [0.29, 0.717) is 0 Å². The Morgan fingerprint density at radius 1 is 0.692 bits per heavy atom. The van der Waals surface area contributed by atoms with Crippen molar-refractivity contribution < 1.29 is 19.8 Å². The molecule has 0 aromatic heterocycles. The zero-order valence-electron chi connectivity index (χ0n) is 17.2. The van der Waals surface area contributed by atoms with Crippen LogP contribution in [0.5, 0.6) is 0 Å². The summed E-state index contributed by atoms with van der Waals surface area (Å²) in [4.78, 5) is 21.9. The van der Waals surface area contributed by atoms with Gasteiger partial charge >= 0.3 is 11.9 Å². The van der Waals surface area contributed by atoms with Crippen molar-refractivity contribution in [3.8, 4) is 0 Å². The quantitative estimate of drug-likeness (QED) is 0.249. The lowest BCUT2D eigenvalue weighted by atomic mass is 9.87. The molecule has 154 valence electrons. The van der Waals surface area contributed by atoms with Gasteiger partial charge in [0.05, 0.1) is 12.3 Å². The van der Waals surface area contributed by atoms with E-state index < -0.39 is 17.9 Å². The van der Waals surface area contributed by atoms with E-state index in [1.165, 1.54) is 77.0 Å². The van der Waals surface area contributed by atoms with Gasteiger partial charge in [0, 0.05) is 0 Å². The number of carbonyl (C=O) groups is 2.